The van der Waals surface area contributed by atoms with Crippen molar-refractivity contribution < 1.29 is 24.8 Å². The summed E-state index contributed by atoms with van der Waals surface area (Å²) >= 11 is 0. The van der Waals surface area contributed by atoms with E-state index in [1.165, 1.54) is 57.8 Å². The van der Waals surface area contributed by atoms with Crippen molar-refractivity contribution in [3.63, 3.8) is 0 Å². The van der Waals surface area contributed by atoms with Crippen molar-refractivity contribution >= 4 is 0 Å². The summed E-state index contributed by atoms with van der Waals surface area (Å²) in [4.78, 5) is 0. The average Bonchev–Trinajstić information content (AvgIpc) is 3.30. The normalized spacial score (nSPS) is 45.9. The van der Waals surface area contributed by atoms with Crippen molar-refractivity contribution in [3.05, 3.63) is 11.6 Å². The zero-order valence-electron chi connectivity index (χ0n) is 27.1. The lowest BCUT2D eigenvalue weighted by atomic mass is 9.47. The minimum atomic E-state index is -1.03. The van der Waals surface area contributed by atoms with Crippen LogP contribution in [-0.2, 0) is 9.47 Å². The van der Waals surface area contributed by atoms with Crippen LogP contribution in [0.4, 0.5) is 0 Å². The van der Waals surface area contributed by atoms with Gasteiger partial charge in [-0.05, 0) is 110 Å². The molecule has 5 heteroatoms. The summed E-state index contributed by atoms with van der Waals surface area (Å²) in [5, 5.41) is 29.7. The van der Waals surface area contributed by atoms with E-state index < -0.39 is 18.3 Å². The fourth-order valence-corrected chi connectivity index (χ4v) is 11.0. The molecule has 1 heterocycles. The standard InChI is InChI=1S/C36H62O5/c1-7-24(22(2)3)9-8-23(4)29-12-13-30-28-11-10-25-18-26(14-16-35(25,5)31(28)15-17-36(29,30)6)40-21-27-19-32(38)34(39)33(20-37)41-27/h10,22-24,26-34,37-39H,7-9,11-21H2,1-6H3. The molecule has 13 unspecified atom stereocenters. The van der Waals surface area contributed by atoms with Gasteiger partial charge in [0.1, 0.15) is 12.2 Å². The maximum absolute atomic E-state index is 10.2. The van der Waals surface area contributed by atoms with Gasteiger partial charge in [-0.3, -0.25) is 0 Å². The predicted octanol–water partition coefficient (Wildman–Crippen LogP) is 6.92. The molecule has 1 aliphatic heterocycles. The third-order valence-corrected chi connectivity index (χ3v) is 13.6. The lowest BCUT2D eigenvalue weighted by Gasteiger charge is -2.58. The number of ether oxygens (including phenoxy) is 2. The van der Waals surface area contributed by atoms with Gasteiger partial charge in [0.2, 0.25) is 0 Å². The highest BCUT2D eigenvalue weighted by Gasteiger charge is 2.59. The maximum atomic E-state index is 10.2. The first kappa shape index (κ1) is 31.9. The Morgan fingerprint density at radius 3 is 2.51 bits per heavy atom. The summed E-state index contributed by atoms with van der Waals surface area (Å²) in [6, 6.07) is 0. The molecule has 5 rings (SSSR count). The number of rotatable bonds is 10. The quantitative estimate of drug-likeness (QED) is 0.247. The van der Waals surface area contributed by atoms with E-state index in [2.05, 4.69) is 47.6 Å². The van der Waals surface area contributed by atoms with Crippen LogP contribution in [0.15, 0.2) is 11.6 Å². The molecule has 5 aliphatic rings. The lowest BCUT2D eigenvalue weighted by molar-refractivity contribution is -0.196. The van der Waals surface area contributed by atoms with E-state index in [0.29, 0.717) is 23.9 Å². The van der Waals surface area contributed by atoms with Gasteiger partial charge in [0.15, 0.2) is 0 Å². The van der Waals surface area contributed by atoms with E-state index in [-0.39, 0.29) is 18.8 Å². The third-order valence-electron chi connectivity index (χ3n) is 13.6. The smallest absolute Gasteiger partial charge is 0.109 e. The Morgan fingerprint density at radius 2 is 1.80 bits per heavy atom. The molecule has 0 bridgehead atoms. The van der Waals surface area contributed by atoms with Crippen LogP contribution in [0.1, 0.15) is 119 Å². The molecule has 236 valence electrons. The lowest BCUT2D eigenvalue weighted by Crippen LogP contribution is -2.52. The van der Waals surface area contributed by atoms with Gasteiger partial charge >= 0.3 is 0 Å². The van der Waals surface area contributed by atoms with Crippen molar-refractivity contribution in [3.8, 4) is 0 Å². The second-order valence-corrected chi connectivity index (χ2v) is 15.9. The van der Waals surface area contributed by atoms with Crippen LogP contribution in [-0.4, -0.2) is 59.1 Å². The van der Waals surface area contributed by atoms with Gasteiger partial charge in [0, 0.05) is 6.42 Å². The predicted molar refractivity (Wildman–Crippen MR) is 164 cm³/mol. The van der Waals surface area contributed by atoms with Gasteiger partial charge < -0.3 is 24.8 Å². The van der Waals surface area contributed by atoms with Gasteiger partial charge in [-0.15, -0.1) is 0 Å². The number of hydrogen-bond acceptors (Lipinski definition) is 5. The van der Waals surface area contributed by atoms with Crippen LogP contribution < -0.4 is 0 Å². The van der Waals surface area contributed by atoms with Crippen LogP contribution in [0.2, 0.25) is 0 Å². The number of fused-ring (bicyclic) bond motifs is 5. The highest BCUT2D eigenvalue weighted by molar-refractivity contribution is 5.25. The second-order valence-electron chi connectivity index (χ2n) is 15.9. The van der Waals surface area contributed by atoms with Gasteiger partial charge in [-0.2, -0.15) is 0 Å². The van der Waals surface area contributed by atoms with Crippen molar-refractivity contribution in [2.24, 2.45) is 52.3 Å². The van der Waals surface area contributed by atoms with E-state index in [9.17, 15) is 15.3 Å². The fraction of sp³-hybridized carbons (Fsp3) is 0.944. The Morgan fingerprint density at radius 1 is 1.02 bits per heavy atom. The van der Waals surface area contributed by atoms with Crippen molar-refractivity contribution in [2.45, 2.75) is 149 Å². The molecule has 5 nitrogen and oxygen atoms in total. The maximum Gasteiger partial charge on any atom is 0.109 e. The molecular formula is C36H62O5. The van der Waals surface area contributed by atoms with Crippen molar-refractivity contribution in [1.29, 1.82) is 0 Å². The zero-order valence-corrected chi connectivity index (χ0v) is 27.1. The Labute approximate surface area is 250 Å². The first-order chi connectivity index (χ1) is 19.5. The molecule has 1 saturated heterocycles. The van der Waals surface area contributed by atoms with Gasteiger partial charge in [0.05, 0.1) is 31.5 Å². The highest BCUT2D eigenvalue weighted by Crippen LogP contribution is 2.67. The van der Waals surface area contributed by atoms with E-state index in [0.717, 1.165) is 54.3 Å². The van der Waals surface area contributed by atoms with Crippen LogP contribution in [0, 0.1) is 52.3 Å². The van der Waals surface area contributed by atoms with Crippen LogP contribution in [0.3, 0.4) is 0 Å². The SMILES string of the molecule is CCC(CCC(C)C1CCC2C3CC=C4CC(OCC5CC(O)C(O)C(CO)O5)CCC4(C)C3CCC12C)C(C)C. The number of hydrogen-bond donors (Lipinski definition) is 3. The topological polar surface area (TPSA) is 79.2 Å². The monoisotopic (exact) mass is 574 g/mol. The van der Waals surface area contributed by atoms with Crippen molar-refractivity contribution in [2.75, 3.05) is 13.2 Å². The molecule has 41 heavy (non-hydrogen) atoms. The molecule has 0 aromatic carbocycles. The van der Waals surface area contributed by atoms with Gasteiger partial charge in [-0.1, -0.05) is 66.0 Å². The second kappa shape index (κ2) is 12.9. The van der Waals surface area contributed by atoms with E-state index in [1.54, 1.807) is 5.57 Å². The summed E-state index contributed by atoms with van der Waals surface area (Å²) in [6.45, 7) is 15.2. The Kier molecular flexibility index (Phi) is 10.0. The average molecular weight is 575 g/mol. The minimum absolute atomic E-state index is 0.189. The molecule has 3 N–H and O–H groups in total. The van der Waals surface area contributed by atoms with Crippen LogP contribution >= 0.6 is 0 Å². The molecule has 0 radical (unpaired) electrons. The molecule has 0 aromatic heterocycles. The zero-order chi connectivity index (χ0) is 29.5. The Balaban J connectivity index is 1.19. The number of aliphatic hydroxyl groups is 3. The number of allylic oxidation sites excluding steroid dienone is 1. The first-order valence-electron chi connectivity index (χ1n) is 17.4. The van der Waals surface area contributed by atoms with Gasteiger partial charge in [0.25, 0.3) is 0 Å². The van der Waals surface area contributed by atoms with Crippen molar-refractivity contribution in [1.82, 2.24) is 0 Å². The van der Waals surface area contributed by atoms with Crippen LogP contribution in [0.25, 0.3) is 0 Å². The summed E-state index contributed by atoms with van der Waals surface area (Å²) in [5.41, 5.74) is 2.46. The third kappa shape index (κ3) is 6.10. The first-order valence-corrected chi connectivity index (χ1v) is 17.4. The highest BCUT2D eigenvalue weighted by atomic mass is 16.6. The summed E-state index contributed by atoms with van der Waals surface area (Å²) in [6.07, 6.45) is 14.6. The molecule has 4 aliphatic carbocycles. The van der Waals surface area contributed by atoms with E-state index >= 15 is 0 Å². The number of aliphatic hydroxyl groups excluding tert-OH is 3. The Hall–Kier alpha value is -0.460. The van der Waals surface area contributed by atoms with Gasteiger partial charge in [-0.25, -0.2) is 0 Å². The fourth-order valence-electron chi connectivity index (χ4n) is 11.0. The summed E-state index contributed by atoms with van der Waals surface area (Å²) < 4.78 is 12.2. The van der Waals surface area contributed by atoms with Crippen LogP contribution in [0.5, 0.6) is 0 Å². The molecule has 4 fully saturated rings. The largest absolute Gasteiger partial charge is 0.394 e. The molecule has 13 atom stereocenters. The summed E-state index contributed by atoms with van der Waals surface area (Å²) in [5.74, 6) is 5.96. The van der Waals surface area contributed by atoms with E-state index in [1.807, 2.05) is 0 Å². The minimum Gasteiger partial charge on any atom is -0.394 e. The van der Waals surface area contributed by atoms with E-state index in [4.69, 9.17) is 9.47 Å². The molecule has 3 saturated carbocycles. The summed E-state index contributed by atoms with van der Waals surface area (Å²) in [7, 11) is 0. The molecule has 0 amide bonds. The Bertz CT molecular complexity index is 902. The molecule has 0 aromatic rings. The molecular weight excluding hydrogens is 512 g/mol. The molecule has 0 spiro atoms.